The highest BCUT2D eigenvalue weighted by Crippen LogP contribution is 2.37. The first kappa shape index (κ1) is 17.1. The number of halogens is 3. The van der Waals surface area contributed by atoms with E-state index in [1.54, 1.807) is 0 Å². The fourth-order valence-corrected chi connectivity index (χ4v) is 2.88. The van der Waals surface area contributed by atoms with Crippen molar-refractivity contribution in [2.24, 2.45) is 11.8 Å². The van der Waals surface area contributed by atoms with E-state index in [-0.39, 0.29) is 11.6 Å². The number of alkyl halides is 3. The minimum Gasteiger partial charge on any atom is -0.507 e. The van der Waals surface area contributed by atoms with Gasteiger partial charge in [0.15, 0.2) is 0 Å². The van der Waals surface area contributed by atoms with Crippen LogP contribution in [-0.4, -0.2) is 22.1 Å². The lowest BCUT2D eigenvalue weighted by atomic mass is 9.90. The van der Waals surface area contributed by atoms with E-state index in [1.807, 2.05) is 0 Å². The molecule has 1 unspecified atom stereocenters. The molecule has 1 aliphatic rings. The van der Waals surface area contributed by atoms with E-state index in [4.69, 9.17) is 0 Å². The Morgan fingerprint density at radius 2 is 1.83 bits per heavy atom. The average Bonchev–Trinajstić information content (AvgIpc) is 2.93. The van der Waals surface area contributed by atoms with E-state index in [9.17, 15) is 33.0 Å². The monoisotopic (exact) mass is 331 g/mol. The highest BCUT2D eigenvalue weighted by Gasteiger charge is 2.37. The van der Waals surface area contributed by atoms with Crippen LogP contribution in [0.2, 0.25) is 0 Å². The van der Waals surface area contributed by atoms with Crippen molar-refractivity contribution < 1.29 is 33.0 Å². The standard InChI is InChI=1S/C15H16F3NO4/c16-15(17,18)10-7-9(5-6-11(10)20)19-13(21)12(14(22)23)8-3-1-2-4-8/h5-8,12,20H,1-4H2,(H,19,21)(H,22,23). The Labute approximate surface area is 130 Å². The van der Waals surface area contributed by atoms with Gasteiger partial charge >= 0.3 is 12.1 Å². The zero-order valence-corrected chi connectivity index (χ0v) is 12.1. The lowest BCUT2D eigenvalue weighted by Crippen LogP contribution is -2.34. The fourth-order valence-electron chi connectivity index (χ4n) is 2.88. The second-order valence-electron chi connectivity index (χ2n) is 5.58. The minimum atomic E-state index is -4.78. The van der Waals surface area contributed by atoms with Gasteiger partial charge in [-0.15, -0.1) is 0 Å². The molecule has 1 aliphatic carbocycles. The number of phenolic OH excluding ortho intramolecular Hbond substituents is 1. The Kier molecular flexibility index (Phi) is 4.82. The van der Waals surface area contributed by atoms with Crippen molar-refractivity contribution in [2.75, 3.05) is 5.32 Å². The molecule has 1 aromatic rings. The van der Waals surface area contributed by atoms with Crippen molar-refractivity contribution >= 4 is 17.6 Å². The first-order valence-corrected chi connectivity index (χ1v) is 7.14. The summed E-state index contributed by atoms with van der Waals surface area (Å²) in [4.78, 5) is 23.5. The van der Waals surface area contributed by atoms with Crippen molar-refractivity contribution in [3.63, 3.8) is 0 Å². The molecule has 0 aromatic heterocycles. The van der Waals surface area contributed by atoms with E-state index >= 15 is 0 Å². The van der Waals surface area contributed by atoms with Crippen LogP contribution in [0.15, 0.2) is 18.2 Å². The number of hydrogen-bond donors (Lipinski definition) is 3. The van der Waals surface area contributed by atoms with Crippen LogP contribution in [0.5, 0.6) is 5.75 Å². The SMILES string of the molecule is O=C(O)C(C(=O)Nc1ccc(O)c(C(F)(F)F)c1)C1CCCC1. The van der Waals surface area contributed by atoms with Gasteiger partial charge in [0.25, 0.3) is 0 Å². The predicted molar refractivity (Wildman–Crippen MR) is 74.8 cm³/mol. The Hall–Kier alpha value is -2.25. The molecule has 1 fully saturated rings. The van der Waals surface area contributed by atoms with Crippen LogP contribution in [0.25, 0.3) is 0 Å². The molecule has 3 N–H and O–H groups in total. The van der Waals surface area contributed by atoms with Crippen molar-refractivity contribution in [2.45, 2.75) is 31.9 Å². The Morgan fingerprint density at radius 3 is 2.35 bits per heavy atom. The number of aromatic hydroxyl groups is 1. The maximum atomic E-state index is 12.7. The quantitative estimate of drug-likeness (QED) is 0.584. The number of aliphatic carboxylic acids is 1. The average molecular weight is 331 g/mol. The summed E-state index contributed by atoms with van der Waals surface area (Å²) in [6.07, 6.45) is -1.90. The summed E-state index contributed by atoms with van der Waals surface area (Å²) in [5, 5.41) is 20.7. The van der Waals surface area contributed by atoms with E-state index in [2.05, 4.69) is 5.32 Å². The van der Waals surface area contributed by atoms with Crippen molar-refractivity contribution in [1.29, 1.82) is 0 Å². The smallest absolute Gasteiger partial charge is 0.420 e. The number of carbonyl (C=O) groups is 2. The molecule has 1 saturated carbocycles. The predicted octanol–water partition coefficient (Wildman–Crippen LogP) is 3.24. The molecule has 2 rings (SSSR count). The molecule has 1 aromatic carbocycles. The van der Waals surface area contributed by atoms with Crippen molar-refractivity contribution in [3.8, 4) is 5.75 Å². The van der Waals surface area contributed by atoms with Crippen LogP contribution < -0.4 is 5.32 Å². The number of anilines is 1. The lowest BCUT2D eigenvalue weighted by Gasteiger charge is -2.19. The molecular formula is C15H16F3NO4. The van der Waals surface area contributed by atoms with Crippen LogP contribution in [0.3, 0.4) is 0 Å². The molecule has 0 saturated heterocycles. The van der Waals surface area contributed by atoms with E-state index in [0.717, 1.165) is 25.0 Å². The van der Waals surface area contributed by atoms with E-state index in [1.165, 1.54) is 0 Å². The summed E-state index contributed by atoms with van der Waals surface area (Å²) in [6, 6.07) is 2.49. The maximum absolute atomic E-state index is 12.7. The van der Waals surface area contributed by atoms with Gasteiger partial charge in [0.1, 0.15) is 11.7 Å². The van der Waals surface area contributed by atoms with Gasteiger partial charge in [-0.05, 0) is 37.0 Å². The van der Waals surface area contributed by atoms with Gasteiger partial charge in [-0.1, -0.05) is 12.8 Å². The number of hydrogen-bond acceptors (Lipinski definition) is 3. The summed E-state index contributed by atoms with van der Waals surface area (Å²) >= 11 is 0. The Bertz CT molecular complexity index is 609. The highest BCUT2D eigenvalue weighted by atomic mass is 19.4. The second-order valence-corrected chi connectivity index (χ2v) is 5.58. The van der Waals surface area contributed by atoms with Crippen LogP contribution in [-0.2, 0) is 15.8 Å². The third-order valence-electron chi connectivity index (χ3n) is 3.99. The second kappa shape index (κ2) is 6.47. The normalized spacial score (nSPS) is 17.0. The first-order valence-electron chi connectivity index (χ1n) is 7.14. The van der Waals surface area contributed by atoms with Gasteiger partial charge < -0.3 is 15.5 Å². The molecule has 0 spiro atoms. The first-order chi connectivity index (χ1) is 10.7. The molecule has 0 heterocycles. The van der Waals surface area contributed by atoms with Gasteiger partial charge in [0, 0.05) is 5.69 Å². The topological polar surface area (TPSA) is 86.6 Å². The van der Waals surface area contributed by atoms with Gasteiger partial charge in [-0.25, -0.2) is 0 Å². The number of amides is 1. The number of carboxylic acids is 1. The molecule has 23 heavy (non-hydrogen) atoms. The van der Waals surface area contributed by atoms with Crippen LogP contribution >= 0.6 is 0 Å². The highest BCUT2D eigenvalue weighted by molar-refractivity contribution is 6.04. The molecule has 0 radical (unpaired) electrons. The summed E-state index contributed by atoms with van der Waals surface area (Å²) in [6.45, 7) is 0. The zero-order chi connectivity index (χ0) is 17.2. The lowest BCUT2D eigenvalue weighted by molar-refractivity contribution is -0.148. The van der Waals surface area contributed by atoms with Crippen molar-refractivity contribution in [1.82, 2.24) is 0 Å². The molecule has 5 nitrogen and oxygen atoms in total. The molecular weight excluding hydrogens is 315 g/mol. The number of carbonyl (C=O) groups excluding carboxylic acids is 1. The van der Waals surface area contributed by atoms with Crippen LogP contribution in [0.1, 0.15) is 31.2 Å². The van der Waals surface area contributed by atoms with Crippen LogP contribution in [0.4, 0.5) is 18.9 Å². The largest absolute Gasteiger partial charge is 0.507 e. The Balaban J connectivity index is 2.20. The molecule has 8 heteroatoms. The number of nitrogens with one attached hydrogen (secondary N) is 1. The fraction of sp³-hybridized carbons (Fsp3) is 0.467. The Morgan fingerprint density at radius 1 is 1.22 bits per heavy atom. The van der Waals surface area contributed by atoms with Gasteiger partial charge in [0.05, 0.1) is 5.56 Å². The molecule has 1 amide bonds. The summed E-state index contributed by atoms with van der Waals surface area (Å²) in [5.41, 5.74) is -1.49. The maximum Gasteiger partial charge on any atom is 0.420 e. The van der Waals surface area contributed by atoms with E-state index < -0.39 is 35.3 Å². The minimum absolute atomic E-state index is 0.204. The van der Waals surface area contributed by atoms with Gasteiger partial charge in [-0.2, -0.15) is 13.2 Å². The summed E-state index contributed by atoms with van der Waals surface area (Å²) in [7, 11) is 0. The number of benzene rings is 1. The van der Waals surface area contributed by atoms with Gasteiger partial charge in [-0.3, -0.25) is 9.59 Å². The molecule has 126 valence electrons. The van der Waals surface area contributed by atoms with Crippen LogP contribution in [0, 0.1) is 11.8 Å². The van der Waals surface area contributed by atoms with E-state index in [0.29, 0.717) is 18.9 Å². The van der Waals surface area contributed by atoms with Crippen molar-refractivity contribution in [3.05, 3.63) is 23.8 Å². The molecule has 1 atom stereocenters. The number of phenols is 1. The third kappa shape index (κ3) is 3.94. The number of carboxylic acid groups (broad SMARTS) is 1. The molecule has 0 bridgehead atoms. The summed E-state index contributed by atoms with van der Waals surface area (Å²) < 4.78 is 38.2. The zero-order valence-electron chi connectivity index (χ0n) is 12.1. The van der Waals surface area contributed by atoms with Gasteiger partial charge in [0.2, 0.25) is 5.91 Å². The number of rotatable bonds is 4. The third-order valence-corrected chi connectivity index (χ3v) is 3.99. The molecule has 0 aliphatic heterocycles. The summed E-state index contributed by atoms with van der Waals surface area (Å²) in [5.74, 6) is -4.69.